The third kappa shape index (κ3) is 3.48. The van der Waals surface area contributed by atoms with Crippen molar-refractivity contribution in [2.45, 2.75) is 24.1 Å². The number of rotatable bonds is 5. The van der Waals surface area contributed by atoms with E-state index in [1.165, 1.54) is 18.1 Å². The lowest BCUT2D eigenvalue weighted by Crippen LogP contribution is -2.13. The molecule has 0 aliphatic carbocycles. The fraction of sp³-hybridized carbons (Fsp3) is 0.143. The summed E-state index contributed by atoms with van der Waals surface area (Å²) >= 11 is 1.43. The number of carbonyl (C=O) groups excluding carboxylic acids is 1. The van der Waals surface area contributed by atoms with Gasteiger partial charge in [0.2, 0.25) is 0 Å². The van der Waals surface area contributed by atoms with Crippen LogP contribution in [0.1, 0.15) is 22.8 Å². The highest BCUT2D eigenvalue weighted by molar-refractivity contribution is 8.00. The second-order valence-electron chi connectivity index (χ2n) is 6.30. The van der Waals surface area contributed by atoms with E-state index in [2.05, 4.69) is 15.1 Å². The molecule has 0 saturated heterocycles. The van der Waals surface area contributed by atoms with Gasteiger partial charge in [-0.2, -0.15) is 5.10 Å². The van der Waals surface area contributed by atoms with Gasteiger partial charge in [-0.25, -0.2) is 14.6 Å². The zero-order chi connectivity index (χ0) is 18.8. The quantitative estimate of drug-likeness (QED) is 0.293. The number of Topliss-reactive ketones (excluding diaryl/α,β-unsaturated/α-hetero) is 1. The number of benzene rings is 2. The van der Waals surface area contributed by atoms with E-state index >= 15 is 0 Å². The minimum atomic E-state index is -0.258. The Labute approximate surface area is 161 Å². The van der Waals surface area contributed by atoms with Gasteiger partial charge in [-0.05, 0) is 26.0 Å². The van der Waals surface area contributed by atoms with E-state index in [1.807, 2.05) is 68.4 Å². The lowest BCUT2D eigenvalue weighted by atomic mass is 10.1. The molecular weight excluding hydrogens is 356 g/mol. The fourth-order valence-corrected chi connectivity index (χ4v) is 3.81. The van der Waals surface area contributed by atoms with Crippen molar-refractivity contribution in [2.24, 2.45) is 0 Å². The highest BCUT2D eigenvalue weighted by Crippen LogP contribution is 2.30. The van der Waals surface area contributed by atoms with Crippen LogP contribution < -0.4 is 0 Å². The summed E-state index contributed by atoms with van der Waals surface area (Å²) in [7, 11) is 0. The number of aromatic nitrogens is 4. The molecule has 0 aliphatic rings. The maximum atomic E-state index is 12.7. The first-order valence-electron chi connectivity index (χ1n) is 8.65. The monoisotopic (exact) mass is 374 g/mol. The molecule has 0 N–H and O–H groups in total. The van der Waals surface area contributed by atoms with Gasteiger partial charge in [0.05, 0.1) is 22.5 Å². The molecule has 0 spiro atoms. The summed E-state index contributed by atoms with van der Waals surface area (Å²) in [6, 6.07) is 17.5. The third-order valence-electron chi connectivity index (χ3n) is 4.32. The average Bonchev–Trinajstić information content (AvgIpc) is 3.14. The van der Waals surface area contributed by atoms with E-state index in [1.54, 1.807) is 10.9 Å². The Morgan fingerprint density at radius 2 is 1.78 bits per heavy atom. The van der Waals surface area contributed by atoms with Crippen LogP contribution in [0.15, 0.2) is 72.1 Å². The second-order valence-corrected chi connectivity index (χ2v) is 7.63. The number of hydrogen-bond donors (Lipinski definition) is 0. The van der Waals surface area contributed by atoms with E-state index in [9.17, 15) is 4.79 Å². The van der Waals surface area contributed by atoms with Crippen molar-refractivity contribution in [1.82, 2.24) is 19.7 Å². The lowest BCUT2D eigenvalue weighted by molar-refractivity contribution is 0.0994. The first kappa shape index (κ1) is 17.4. The largest absolute Gasteiger partial charge is 0.293 e. The van der Waals surface area contributed by atoms with Gasteiger partial charge >= 0.3 is 0 Å². The van der Waals surface area contributed by atoms with E-state index in [0.29, 0.717) is 5.56 Å². The first-order chi connectivity index (χ1) is 13.1. The predicted molar refractivity (Wildman–Crippen MR) is 107 cm³/mol. The zero-order valence-corrected chi connectivity index (χ0v) is 15.9. The Balaban J connectivity index is 1.63. The number of nitrogens with zero attached hydrogens (tertiary/aromatic N) is 4. The highest BCUT2D eigenvalue weighted by Gasteiger charge is 2.20. The molecule has 2 heterocycles. The fourth-order valence-electron chi connectivity index (χ4n) is 2.85. The average molecular weight is 374 g/mol. The van der Waals surface area contributed by atoms with E-state index in [4.69, 9.17) is 0 Å². The molecule has 0 amide bonds. The van der Waals surface area contributed by atoms with Crippen molar-refractivity contribution in [3.8, 4) is 5.69 Å². The summed E-state index contributed by atoms with van der Waals surface area (Å²) in [5, 5.41) is 5.81. The summed E-state index contributed by atoms with van der Waals surface area (Å²) in [6.45, 7) is 3.91. The molecule has 4 rings (SSSR count). The molecule has 2 aromatic carbocycles. The van der Waals surface area contributed by atoms with E-state index < -0.39 is 0 Å². The second kappa shape index (κ2) is 7.32. The molecule has 4 aromatic rings. The Morgan fingerprint density at radius 3 is 2.52 bits per heavy atom. The molecule has 0 saturated carbocycles. The van der Waals surface area contributed by atoms with Crippen molar-refractivity contribution in [2.75, 3.05) is 0 Å². The van der Waals surface area contributed by atoms with Crippen molar-refractivity contribution in [3.63, 3.8) is 0 Å². The van der Waals surface area contributed by atoms with Crippen LogP contribution >= 0.6 is 11.8 Å². The van der Waals surface area contributed by atoms with E-state index in [0.717, 1.165) is 27.3 Å². The molecule has 0 aliphatic heterocycles. The van der Waals surface area contributed by atoms with Gasteiger partial charge in [0.1, 0.15) is 11.4 Å². The third-order valence-corrected chi connectivity index (χ3v) is 5.44. The Morgan fingerprint density at radius 1 is 1.04 bits per heavy atom. The van der Waals surface area contributed by atoms with Crippen molar-refractivity contribution in [1.29, 1.82) is 0 Å². The molecule has 2 aromatic heterocycles. The van der Waals surface area contributed by atoms with Gasteiger partial charge in [-0.15, -0.1) is 0 Å². The topological polar surface area (TPSA) is 60.7 Å². The van der Waals surface area contributed by atoms with Crippen LogP contribution in [0.3, 0.4) is 0 Å². The SMILES string of the molecule is Cc1ccc(C(=O)C(C)Sc2ncnc3c2cnn3-c2ccccc2)cc1. The summed E-state index contributed by atoms with van der Waals surface area (Å²) in [5.41, 5.74) is 3.52. The summed E-state index contributed by atoms with van der Waals surface area (Å²) in [4.78, 5) is 21.5. The van der Waals surface area contributed by atoms with Gasteiger partial charge in [0, 0.05) is 5.56 Å². The molecule has 1 atom stereocenters. The van der Waals surface area contributed by atoms with Crippen LogP contribution in [0.25, 0.3) is 16.7 Å². The lowest BCUT2D eigenvalue weighted by Gasteiger charge is -2.10. The molecular formula is C21H18N4OS. The maximum Gasteiger partial charge on any atom is 0.175 e. The van der Waals surface area contributed by atoms with Crippen LogP contribution in [0, 0.1) is 6.92 Å². The van der Waals surface area contributed by atoms with Crippen LogP contribution in [0.4, 0.5) is 0 Å². The molecule has 6 heteroatoms. The number of aryl methyl sites for hydroxylation is 1. The van der Waals surface area contributed by atoms with Crippen LogP contribution in [-0.4, -0.2) is 30.8 Å². The summed E-state index contributed by atoms with van der Waals surface area (Å²) < 4.78 is 1.79. The molecule has 0 radical (unpaired) electrons. The van der Waals surface area contributed by atoms with Crippen molar-refractivity contribution >= 4 is 28.6 Å². The minimum absolute atomic E-state index is 0.0854. The summed E-state index contributed by atoms with van der Waals surface area (Å²) in [5.74, 6) is 0.0854. The number of para-hydroxylation sites is 1. The summed E-state index contributed by atoms with van der Waals surface area (Å²) in [6.07, 6.45) is 3.28. The normalized spacial score (nSPS) is 12.2. The van der Waals surface area contributed by atoms with Crippen LogP contribution in [0.5, 0.6) is 0 Å². The van der Waals surface area contributed by atoms with Crippen molar-refractivity contribution < 1.29 is 4.79 Å². The number of carbonyl (C=O) groups is 1. The minimum Gasteiger partial charge on any atom is -0.293 e. The molecule has 5 nitrogen and oxygen atoms in total. The van der Waals surface area contributed by atoms with Crippen molar-refractivity contribution in [3.05, 3.63) is 78.2 Å². The molecule has 27 heavy (non-hydrogen) atoms. The van der Waals surface area contributed by atoms with Gasteiger partial charge < -0.3 is 0 Å². The van der Waals surface area contributed by atoms with E-state index in [-0.39, 0.29) is 11.0 Å². The maximum absolute atomic E-state index is 12.7. The molecule has 1 unspecified atom stereocenters. The number of thioether (sulfide) groups is 1. The van der Waals surface area contributed by atoms with Gasteiger partial charge in [0.15, 0.2) is 11.4 Å². The van der Waals surface area contributed by atoms with Gasteiger partial charge in [-0.3, -0.25) is 4.79 Å². The van der Waals surface area contributed by atoms with Crippen LogP contribution in [0.2, 0.25) is 0 Å². The smallest absolute Gasteiger partial charge is 0.175 e. The molecule has 0 fully saturated rings. The van der Waals surface area contributed by atoms with Gasteiger partial charge in [0.25, 0.3) is 0 Å². The Hall–Kier alpha value is -2.99. The van der Waals surface area contributed by atoms with Gasteiger partial charge in [-0.1, -0.05) is 59.8 Å². The number of fused-ring (bicyclic) bond motifs is 1. The first-order valence-corrected chi connectivity index (χ1v) is 9.53. The highest BCUT2D eigenvalue weighted by atomic mass is 32.2. The Bertz CT molecular complexity index is 1090. The zero-order valence-electron chi connectivity index (χ0n) is 15.0. The van der Waals surface area contributed by atoms with Crippen LogP contribution in [-0.2, 0) is 0 Å². The number of hydrogen-bond acceptors (Lipinski definition) is 5. The standard InChI is InChI=1S/C21H18N4OS/c1-14-8-10-16(11-9-14)19(26)15(2)27-21-18-12-24-25(20(18)22-13-23-21)17-6-4-3-5-7-17/h3-13,15H,1-2H3. The predicted octanol–water partition coefficient (Wildman–Crippen LogP) is 4.49. The Kier molecular flexibility index (Phi) is 4.73. The molecule has 134 valence electrons. The molecule has 0 bridgehead atoms. The number of ketones is 1.